The van der Waals surface area contributed by atoms with Gasteiger partial charge in [0, 0.05) is 6.42 Å². The third-order valence-corrected chi connectivity index (χ3v) is 4.43. The molecular formula is C21H20N2. The number of aromatic nitrogens is 2. The number of imidazole rings is 1. The van der Waals surface area contributed by atoms with Crippen molar-refractivity contribution in [1.29, 1.82) is 0 Å². The molecule has 1 aromatic heterocycles. The lowest BCUT2D eigenvalue weighted by molar-refractivity contribution is 0.717. The Morgan fingerprint density at radius 1 is 0.739 bits per heavy atom. The van der Waals surface area contributed by atoms with Crippen LogP contribution in [0.5, 0.6) is 0 Å². The smallest absolute Gasteiger partial charge is 0.107 e. The van der Waals surface area contributed by atoms with Gasteiger partial charge in [0.15, 0.2) is 0 Å². The molecule has 0 fully saturated rings. The first-order chi connectivity index (χ1) is 11.4. The summed E-state index contributed by atoms with van der Waals surface area (Å²) in [4.78, 5) is 8.06. The van der Waals surface area contributed by atoms with Gasteiger partial charge in [0.2, 0.25) is 0 Å². The van der Waals surface area contributed by atoms with Crippen LogP contribution in [-0.4, -0.2) is 9.97 Å². The molecule has 23 heavy (non-hydrogen) atoms. The molecule has 4 aromatic rings. The van der Waals surface area contributed by atoms with Crippen LogP contribution in [0, 0.1) is 0 Å². The van der Waals surface area contributed by atoms with Crippen LogP contribution in [0.25, 0.3) is 21.8 Å². The van der Waals surface area contributed by atoms with E-state index in [2.05, 4.69) is 64.6 Å². The van der Waals surface area contributed by atoms with Crippen LogP contribution in [0.1, 0.15) is 24.2 Å². The van der Waals surface area contributed by atoms with Crippen LogP contribution in [0.15, 0.2) is 66.7 Å². The maximum Gasteiger partial charge on any atom is 0.107 e. The minimum atomic E-state index is 1.01. The summed E-state index contributed by atoms with van der Waals surface area (Å²) in [5.74, 6) is 1.10. The van der Waals surface area contributed by atoms with E-state index in [9.17, 15) is 0 Å². The lowest BCUT2D eigenvalue weighted by Crippen LogP contribution is -1.92. The van der Waals surface area contributed by atoms with Gasteiger partial charge in [-0.3, -0.25) is 0 Å². The Morgan fingerprint density at radius 2 is 1.52 bits per heavy atom. The molecule has 0 aliphatic rings. The van der Waals surface area contributed by atoms with Gasteiger partial charge >= 0.3 is 0 Å². The molecule has 4 rings (SSSR count). The zero-order valence-corrected chi connectivity index (χ0v) is 13.1. The van der Waals surface area contributed by atoms with Crippen LogP contribution >= 0.6 is 0 Å². The molecule has 2 heteroatoms. The van der Waals surface area contributed by atoms with E-state index in [1.54, 1.807) is 0 Å². The summed E-state index contributed by atoms with van der Waals surface area (Å²) < 4.78 is 0. The van der Waals surface area contributed by atoms with Gasteiger partial charge in [-0.1, -0.05) is 54.6 Å². The van der Waals surface area contributed by atoms with Gasteiger partial charge in [-0.05, 0) is 47.7 Å². The molecule has 0 amide bonds. The number of nitrogens with one attached hydrogen (secondary N) is 1. The standard InChI is InChI=1S/C21H20N2/c1-3-12-18-16(8-1)10-7-11-17(18)9-2-6-15-21-22-19-13-4-5-14-20(19)23-21/h1,3-5,7-8,10-14H,2,6,9,15H2,(H,22,23). The molecule has 1 heterocycles. The minimum absolute atomic E-state index is 1.01. The Labute approximate surface area is 136 Å². The molecule has 0 unspecified atom stereocenters. The van der Waals surface area contributed by atoms with Crippen LogP contribution in [0.4, 0.5) is 0 Å². The number of hydrogen-bond donors (Lipinski definition) is 1. The van der Waals surface area contributed by atoms with Crippen LogP contribution < -0.4 is 0 Å². The van der Waals surface area contributed by atoms with Crippen LogP contribution in [0.2, 0.25) is 0 Å². The van der Waals surface area contributed by atoms with E-state index < -0.39 is 0 Å². The van der Waals surface area contributed by atoms with Crippen molar-refractivity contribution in [1.82, 2.24) is 9.97 Å². The van der Waals surface area contributed by atoms with E-state index in [0.29, 0.717) is 0 Å². The summed E-state index contributed by atoms with van der Waals surface area (Å²) in [6, 6.07) is 23.5. The molecular weight excluding hydrogens is 280 g/mol. The molecule has 0 atom stereocenters. The number of unbranched alkanes of at least 4 members (excludes halogenated alkanes) is 1. The van der Waals surface area contributed by atoms with E-state index in [0.717, 1.165) is 36.1 Å². The normalized spacial score (nSPS) is 11.3. The maximum absolute atomic E-state index is 4.65. The van der Waals surface area contributed by atoms with E-state index in [1.807, 2.05) is 12.1 Å². The average molecular weight is 300 g/mol. The molecule has 114 valence electrons. The summed E-state index contributed by atoms with van der Waals surface area (Å²) >= 11 is 0. The van der Waals surface area contributed by atoms with Gasteiger partial charge in [-0.2, -0.15) is 0 Å². The molecule has 0 bridgehead atoms. The summed E-state index contributed by atoms with van der Waals surface area (Å²) in [6.45, 7) is 0. The number of hydrogen-bond acceptors (Lipinski definition) is 1. The monoisotopic (exact) mass is 300 g/mol. The first-order valence-electron chi connectivity index (χ1n) is 8.30. The van der Waals surface area contributed by atoms with Gasteiger partial charge in [-0.25, -0.2) is 4.98 Å². The van der Waals surface area contributed by atoms with Crippen molar-refractivity contribution < 1.29 is 0 Å². The third-order valence-electron chi connectivity index (χ3n) is 4.43. The number of H-pyrrole nitrogens is 1. The first-order valence-corrected chi connectivity index (χ1v) is 8.30. The highest BCUT2D eigenvalue weighted by Crippen LogP contribution is 2.20. The number of nitrogens with zero attached hydrogens (tertiary/aromatic N) is 1. The second-order valence-electron chi connectivity index (χ2n) is 6.05. The SMILES string of the molecule is c1ccc2c(CCCCc3nc4ccccc4[nH]3)cccc2c1. The van der Waals surface area contributed by atoms with Crippen LogP contribution in [0.3, 0.4) is 0 Å². The number of aryl methyl sites for hydroxylation is 2. The first kappa shape index (κ1) is 14.0. The van der Waals surface area contributed by atoms with Gasteiger partial charge in [-0.15, -0.1) is 0 Å². The summed E-state index contributed by atoms with van der Waals surface area (Å²) in [5, 5.41) is 2.72. The molecule has 3 aromatic carbocycles. The highest BCUT2D eigenvalue weighted by atomic mass is 14.9. The Kier molecular flexibility index (Phi) is 3.81. The Hall–Kier alpha value is -2.61. The van der Waals surface area contributed by atoms with Gasteiger partial charge in [0.05, 0.1) is 11.0 Å². The predicted molar refractivity (Wildman–Crippen MR) is 96.7 cm³/mol. The number of fused-ring (bicyclic) bond motifs is 2. The molecule has 1 N–H and O–H groups in total. The fraction of sp³-hybridized carbons (Fsp3) is 0.190. The number of aromatic amines is 1. The van der Waals surface area contributed by atoms with Crippen molar-refractivity contribution in [2.24, 2.45) is 0 Å². The molecule has 0 spiro atoms. The Morgan fingerprint density at radius 3 is 2.48 bits per heavy atom. The number of benzene rings is 3. The van der Waals surface area contributed by atoms with Crippen molar-refractivity contribution in [3.05, 3.63) is 78.1 Å². The molecule has 0 aliphatic heterocycles. The van der Waals surface area contributed by atoms with E-state index in [1.165, 1.54) is 22.8 Å². The Balaban J connectivity index is 1.39. The van der Waals surface area contributed by atoms with Gasteiger partial charge in [0.25, 0.3) is 0 Å². The average Bonchev–Trinajstić information content (AvgIpc) is 3.01. The highest BCUT2D eigenvalue weighted by Gasteiger charge is 2.03. The van der Waals surface area contributed by atoms with Crippen molar-refractivity contribution in [3.8, 4) is 0 Å². The van der Waals surface area contributed by atoms with E-state index in [-0.39, 0.29) is 0 Å². The third kappa shape index (κ3) is 2.98. The molecule has 0 radical (unpaired) electrons. The van der Waals surface area contributed by atoms with Crippen molar-refractivity contribution in [2.45, 2.75) is 25.7 Å². The quantitative estimate of drug-likeness (QED) is 0.499. The van der Waals surface area contributed by atoms with E-state index in [4.69, 9.17) is 0 Å². The fourth-order valence-electron chi connectivity index (χ4n) is 3.24. The summed E-state index contributed by atoms with van der Waals surface area (Å²) in [5.41, 5.74) is 3.65. The lowest BCUT2D eigenvalue weighted by atomic mass is 10.00. The van der Waals surface area contributed by atoms with Crippen LogP contribution in [-0.2, 0) is 12.8 Å². The van der Waals surface area contributed by atoms with Crippen molar-refractivity contribution in [2.75, 3.05) is 0 Å². The molecule has 0 aliphatic carbocycles. The van der Waals surface area contributed by atoms with E-state index >= 15 is 0 Å². The van der Waals surface area contributed by atoms with Gasteiger partial charge < -0.3 is 4.98 Å². The maximum atomic E-state index is 4.65. The topological polar surface area (TPSA) is 28.7 Å². The molecule has 0 saturated heterocycles. The lowest BCUT2D eigenvalue weighted by Gasteiger charge is -2.06. The zero-order chi connectivity index (χ0) is 15.5. The van der Waals surface area contributed by atoms with Crippen molar-refractivity contribution in [3.63, 3.8) is 0 Å². The predicted octanol–water partition coefficient (Wildman–Crippen LogP) is 5.28. The highest BCUT2D eigenvalue weighted by molar-refractivity contribution is 5.85. The van der Waals surface area contributed by atoms with Crippen molar-refractivity contribution >= 4 is 21.8 Å². The molecule has 0 saturated carbocycles. The minimum Gasteiger partial charge on any atom is -0.342 e. The number of para-hydroxylation sites is 2. The second-order valence-corrected chi connectivity index (χ2v) is 6.05. The molecule has 2 nitrogen and oxygen atoms in total. The largest absolute Gasteiger partial charge is 0.342 e. The zero-order valence-electron chi connectivity index (χ0n) is 13.1. The Bertz CT molecular complexity index is 898. The van der Waals surface area contributed by atoms with Gasteiger partial charge in [0.1, 0.15) is 5.82 Å². The fourth-order valence-corrected chi connectivity index (χ4v) is 3.24. The summed E-state index contributed by atoms with van der Waals surface area (Å²) in [7, 11) is 0. The summed E-state index contributed by atoms with van der Waals surface area (Å²) in [6.07, 6.45) is 4.48. The number of rotatable bonds is 5. The second kappa shape index (κ2) is 6.25.